The Kier molecular flexibility index (Phi) is 4.45. The molecule has 0 aliphatic heterocycles. The Morgan fingerprint density at radius 3 is 2.36 bits per heavy atom. The number of nitrogens with one attached hydrogen (secondary N) is 1. The van der Waals surface area contributed by atoms with Crippen LogP contribution >= 0.6 is 0 Å². The molecule has 0 radical (unpaired) electrons. The predicted molar refractivity (Wildman–Crippen MR) is 110 cm³/mol. The van der Waals surface area contributed by atoms with Gasteiger partial charge in [-0.2, -0.15) is 5.26 Å². The van der Waals surface area contributed by atoms with Crippen LogP contribution in [0.3, 0.4) is 0 Å². The summed E-state index contributed by atoms with van der Waals surface area (Å²) in [5.74, 6) is -0.538. The maximum atomic E-state index is 11.9. The van der Waals surface area contributed by atoms with E-state index in [1.54, 1.807) is 12.1 Å². The number of para-hydroxylation sites is 1. The normalized spacial score (nSPS) is 10.4. The van der Waals surface area contributed by atoms with Gasteiger partial charge in [-0.15, -0.1) is 0 Å². The van der Waals surface area contributed by atoms with E-state index in [0.717, 1.165) is 27.7 Å². The topological polar surface area (TPSA) is 91.8 Å². The molecule has 4 rings (SSSR count). The molecule has 0 aliphatic rings. The predicted octanol–water partition coefficient (Wildman–Crippen LogP) is 4.62. The molecule has 3 aromatic carbocycles. The first-order valence-corrected chi connectivity index (χ1v) is 8.71. The number of pyridine rings is 1. The Bertz CT molecular complexity index is 1210. The van der Waals surface area contributed by atoms with Crippen molar-refractivity contribution in [3.8, 4) is 17.2 Å². The molecule has 0 atom stereocenters. The van der Waals surface area contributed by atoms with Gasteiger partial charge in [0.25, 0.3) is 5.91 Å². The summed E-state index contributed by atoms with van der Waals surface area (Å²) in [4.78, 5) is 16.4. The van der Waals surface area contributed by atoms with Crippen molar-refractivity contribution in [2.24, 2.45) is 5.73 Å². The van der Waals surface area contributed by atoms with E-state index in [2.05, 4.69) is 16.4 Å². The lowest BCUT2D eigenvalue weighted by molar-refractivity contribution is 0.100. The van der Waals surface area contributed by atoms with Crippen molar-refractivity contribution < 1.29 is 4.79 Å². The molecule has 0 unspecified atom stereocenters. The molecule has 1 amide bonds. The molecular weight excluding hydrogens is 348 g/mol. The number of primary amides is 1. The van der Waals surface area contributed by atoms with E-state index in [1.807, 2.05) is 60.7 Å². The summed E-state index contributed by atoms with van der Waals surface area (Å²) < 4.78 is 0. The molecule has 0 spiro atoms. The first-order valence-electron chi connectivity index (χ1n) is 8.71. The zero-order chi connectivity index (χ0) is 19.5. The van der Waals surface area contributed by atoms with Gasteiger partial charge in [0.1, 0.15) is 0 Å². The van der Waals surface area contributed by atoms with E-state index in [1.165, 1.54) is 6.20 Å². The standard InChI is InChI=1S/C23H16N4O/c24-13-15-6-8-16(9-7-15)17-10-11-19-21(12-17)26-14-20(23(25)28)22(19)27-18-4-2-1-3-5-18/h1-12,14H,(H2,25,28)(H,26,27). The van der Waals surface area contributed by atoms with Crippen molar-refractivity contribution in [1.29, 1.82) is 5.26 Å². The molecule has 5 nitrogen and oxygen atoms in total. The molecular formula is C23H16N4O. The molecule has 1 aromatic heterocycles. The number of amides is 1. The van der Waals surface area contributed by atoms with Crippen molar-refractivity contribution >= 4 is 28.2 Å². The monoisotopic (exact) mass is 364 g/mol. The van der Waals surface area contributed by atoms with E-state index < -0.39 is 5.91 Å². The van der Waals surface area contributed by atoms with Crippen molar-refractivity contribution in [2.75, 3.05) is 5.32 Å². The van der Waals surface area contributed by atoms with Crippen LogP contribution in [0, 0.1) is 11.3 Å². The summed E-state index contributed by atoms with van der Waals surface area (Å²) in [7, 11) is 0. The molecule has 1 heterocycles. The summed E-state index contributed by atoms with van der Waals surface area (Å²) in [6.45, 7) is 0. The summed E-state index contributed by atoms with van der Waals surface area (Å²) >= 11 is 0. The van der Waals surface area contributed by atoms with Gasteiger partial charge in [-0.1, -0.05) is 42.5 Å². The van der Waals surface area contributed by atoms with Gasteiger partial charge in [0, 0.05) is 17.3 Å². The van der Waals surface area contributed by atoms with Crippen LogP contribution in [0.15, 0.2) is 79.0 Å². The minimum absolute atomic E-state index is 0.336. The molecule has 0 saturated carbocycles. The number of hydrogen-bond donors (Lipinski definition) is 2. The Morgan fingerprint density at radius 2 is 1.68 bits per heavy atom. The minimum atomic E-state index is -0.538. The zero-order valence-corrected chi connectivity index (χ0v) is 14.9. The van der Waals surface area contributed by atoms with Crippen molar-refractivity contribution in [3.05, 3.63) is 90.1 Å². The van der Waals surface area contributed by atoms with Crippen LogP contribution in [0.4, 0.5) is 11.4 Å². The summed E-state index contributed by atoms with van der Waals surface area (Å²) in [6.07, 6.45) is 1.50. The molecule has 0 saturated heterocycles. The van der Waals surface area contributed by atoms with Crippen LogP contribution in [0.1, 0.15) is 15.9 Å². The summed E-state index contributed by atoms with van der Waals surface area (Å²) in [6, 6.07) is 24.9. The average Bonchev–Trinajstić information content (AvgIpc) is 2.74. The number of nitrogens with zero attached hydrogens (tertiary/aromatic N) is 2. The molecule has 0 aliphatic carbocycles. The molecule has 0 bridgehead atoms. The van der Waals surface area contributed by atoms with Crippen LogP contribution in [0.25, 0.3) is 22.0 Å². The zero-order valence-electron chi connectivity index (χ0n) is 14.9. The average molecular weight is 364 g/mol. The number of hydrogen-bond acceptors (Lipinski definition) is 4. The van der Waals surface area contributed by atoms with E-state index in [-0.39, 0.29) is 0 Å². The van der Waals surface area contributed by atoms with Crippen molar-refractivity contribution in [1.82, 2.24) is 4.98 Å². The Morgan fingerprint density at radius 1 is 0.964 bits per heavy atom. The van der Waals surface area contributed by atoms with Crippen LogP contribution in [-0.4, -0.2) is 10.9 Å². The van der Waals surface area contributed by atoms with Crippen molar-refractivity contribution in [2.45, 2.75) is 0 Å². The highest BCUT2D eigenvalue weighted by Gasteiger charge is 2.14. The van der Waals surface area contributed by atoms with E-state index in [9.17, 15) is 4.79 Å². The van der Waals surface area contributed by atoms with Crippen LogP contribution in [0.2, 0.25) is 0 Å². The summed E-state index contributed by atoms with van der Waals surface area (Å²) in [5.41, 5.74) is 10.7. The van der Waals surface area contributed by atoms with Gasteiger partial charge in [0.2, 0.25) is 0 Å². The van der Waals surface area contributed by atoms with E-state index >= 15 is 0 Å². The van der Waals surface area contributed by atoms with Gasteiger partial charge in [-0.25, -0.2) is 0 Å². The highest BCUT2D eigenvalue weighted by atomic mass is 16.1. The number of aromatic nitrogens is 1. The highest BCUT2D eigenvalue weighted by Crippen LogP contribution is 2.32. The SMILES string of the molecule is N#Cc1ccc(-c2ccc3c(Nc4ccccc4)c(C(N)=O)cnc3c2)cc1. The van der Waals surface area contributed by atoms with Gasteiger partial charge in [-0.3, -0.25) is 9.78 Å². The molecule has 0 fully saturated rings. The van der Waals surface area contributed by atoms with Gasteiger partial charge >= 0.3 is 0 Å². The fourth-order valence-electron chi connectivity index (χ4n) is 3.10. The first-order chi connectivity index (χ1) is 13.7. The lowest BCUT2D eigenvalue weighted by Gasteiger charge is -2.14. The van der Waals surface area contributed by atoms with E-state index in [4.69, 9.17) is 11.0 Å². The second-order valence-corrected chi connectivity index (χ2v) is 6.32. The van der Waals surface area contributed by atoms with Crippen molar-refractivity contribution in [3.63, 3.8) is 0 Å². The van der Waals surface area contributed by atoms with Crippen LogP contribution < -0.4 is 11.1 Å². The lowest BCUT2D eigenvalue weighted by Crippen LogP contribution is -2.14. The lowest BCUT2D eigenvalue weighted by atomic mass is 10.0. The smallest absolute Gasteiger partial charge is 0.252 e. The number of benzene rings is 3. The second kappa shape index (κ2) is 7.22. The van der Waals surface area contributed by atoms with Gasteiger partial charge in [0.05, 0.1) is 28.4 Å². The second-order valence-electron chi connectivity index (χ2n) is 6.32. The van der Waals surface area contributed by atoms with Gasteiger partial charge in [0.15, 0.2) is 0 Å². The molecule has 4 aromatic rings. The maximum absolute atomic E-state index is 11.9. The van der Waals surface area contributed by atoms with E-state index in [0.29, 0.717) is 16.8 Å². The molecule has 134 valence electrons. The minimum Gasteiger partial charge on any atom is -0.365 e. The largest absolute Gasteiger partial charge is 0.365 e. The third-order valence-electron chi connectivity index (χ3n) is 4.53. The first kappa shape index (κ1) is 17.3. The van der Waals surface area contributed by atoms with Gasteiger partial charge in [-0.05, 0) is 41.5 Å². The number of nitrogens with two attached hydrogens (primary N) is 1. The number of carbonyl (C=O) groups excluding carboxylic acids is 1. The third-order valence-corrected chi connectivity index (χ3v) is 4.53. The number of rotatable bonds is 4. The fourth-order valence-corrected chi connectivity index (χ4v) is 3.10. The number of carbonyl (C=O) groups is 1. The molecule has 28 heavy (non-hydrogen) atoms. The molecule has 5 heteroatoms. The molecule has 3 N–H and O–H groups in total. The Balaban J connectivity index is 1.83. The number of anilines is 2. The Hall–Kier alpha value is -4.17. The Labute approximate surface area is 162 Å². The van der Waals surface area contributed by atoms with Crippen LogP contribution in [0.5, 0.6) is 0 Å². The van der Waals surface area contributed by atoms with Gasteiger partial charge < -0.3 is 11.1 Å². The quantitative estimate of drug-likeness (QED) is 0.553. The fraction of sp³-hybridized carbons (Fsp3) is 0. The van der Waals surface area contributed by atoms with Crippen LogP contribution in [-0.2, 0) is 0 Å². The summed E-state index contributed by atoms with van der Waals surface area (Å²) in [5, 5.41) is 13.1. The highest BCUT2D eigenvalue weighted by molar-refractivity contribution is 6.08. The third kappa shape index (κ3) is 3.27. The number of fused-ring (bicyclic) bond motifs is 1. The maximum Gasteiger partial charge on any atom is 0.252 e. The number of nitriles is 1.